The standard InChI is InChI=1S/C58H39NO/c1-3-12-40(13-4-1)42-22-24-43(25-23-42)44-28-33-50(34-29-44)59(51-35-30-46(31-36-51)53-19-11-21-57-58(53)54-18-9-10-20-56(54)60-57)55-39-49(32-37-52(55)45-15-5-2-6-16-45)48-27-26-41-14-7-8-17-47(41)38-48/h1-39H. The van der Waals surface area contributed by atoms with Gasteiger partial charge in [-0.25, -0.2) is 0 Å². The third-order valence-corrected chi connectivity index (χ3v) is 11.7. The molecule has 2 nitrogen and oxygen atoms in total. The molecule has 0 aliphatic heterocycles. The highest BCUT2D eigenvalue weighted by Gasteiger charge is 2.20. The van der Waals surface area contributed by atoms with Gasteiger partial charge in [-0.3, -0.25) is 0 Å². The van der Waals surface area contributed by atoms with Crippen molar-refractivity contribution < 1.29 is 4.42 Å². The molecular weight excluding hydrogens is 727 g/mol. The van der Waals surface area contributed by atoms with E-state index < -0.39 is 0 Å². The van der Waals surface area contributed by atoms with Crippen LogP contribution in [0.5, 0.6) is 0 Å². The number of para-hydroxylation sites is 1. The molecule has 0 spiro atoms. The Morgan fingerprint density at radius 3 is 1.47 bits per heavy atom. The minimum Gasteiger partial charge on any atom is -0.456 e. The summed E-state index contributed by atoms with van der Waals surface area (Å²) < 4.78 is 6.28. The number of hydrogen-bond acceptors (Lipinski definition) is 2. The summed E-state index contributed by atoms with van der Waals surface area (Å²) in [6.45, 7) is 0. The summed E-state index contributed by atoms with van der Waals surface area (Å²) in [5.41, 5.74) is 16.8. The first kappa shape index (κ1) is 35.2. The molecule has 0 bridgehead atoms. The first-order valence-corrected chi connectivity index (χ1v) is 20.5. The third-order valence-electron chi connectivity index (χ3n) is 11.7. The minimum atomic E-state index is 0.896. The Kier molecular flexibility index (Phi) is 8.87. The molecule has 0 aliphatic rings. The van der Waals surface area contributed by atoms with E-state index in [9.17, 15) is 0 Å². The fourth-order valence-corrected chi connectivity index (χ4v) is 8.65. The van der Waals surface area contributed by atoms with Crippen LogP contribution in [0.2, 0.25) is 0 Å². The van der Waals surface area contributed by atoms with E-state index in [2.05, 4.69) is 229 Å². The number of anilines is 3. The molecule has 2 heteroatoms. The summed E-state index contributed by atoms with van der Waals surface area (Å²) in [4.78, 5) is 2.41. The Morgan fingerprint density at radius 2 is 0.767 bits per heavy atom. The highest BCUT2D eigenvalue weighted by molar-refractivity contribution is 6.12. The first-order valence-electron chi connectivity index (χ1n) is 20.5. The second kappa shape index (κ2) is 15.1. The highest BCUT2D eigenvalue weighted by Crippen LogP contribution is 2.45. The summed E-state index contributed by atoms with van der Waals surface area (Å²) in [5, 5.41) is 4.73. The van der Waals surface area contributed by atoms with Crippen molar-refractivity contribution in [3.8, 4) is 55.6 Å². The summed E-state index contributed by atoms with van der Waals surface area (Å²) in [5.74, 6) is 0. The summed E-state index contributed by atoms with van der Waals surface area (Å²) in [7, 11) is 0. The van der Waals surface area contributed by atoms with Crippen molar-refractivity contribution in [2.45, 2.75) is 0 Å². The third kappa shape index (κ3) is 6.51. The maximum absolute atomic E-state index is 6.28. The van der Waals surface area contributed by atoms with Gasteiger partial charge in [0.1, 0.15) is 11.2 Å². The summed E-state index contributed by atoms with van der Waals surface area (Å²) >= 11 is 0. The van der Waals surface area contributed by atoms with E-state index in [-0.39, 0.29) is 0 Å². The molecule has 11 aromatic rings. The Balaban J connectivity index is 1.06. The van der Waals surface area contributed by atoms with Gasteiger partial charge < -0.3 is 9.32 Å². The molecule has 60 heavy (non-hydrogen) atoms. The zero-order valence-electron chi connectivity index (χ0n) is 32.9. The van der Waals surface area contributed by atoms with E-state index in [1.54, 1.807) is 0 Å². The first-order chi connectivity index (χ1) is 29.7. The monoisotopic (exact) mass is 765 g/mol. The lowest BCUT2D eigenvalue weighted by Gasteiger charge is -2.29. The molecule has 0 saturated heterocycles. The van der Waals surface area contributed by atoms with Crippen molar-refractivity contribution in [2.75, 3.05) is 4.90 Å². The van der Waals surface area contributed by atoms with E-state index in [4.69, 9.17) is 4.42 Å². The average molecular weight is 766 g/mol. The second-order valence-corrected chi connectivity index (χ2v) is 15.3. The lowest BCUT2D eigenvalue weighted by molar-refractivity contribution is 0.669. The number of rotatable bonds is 8. The largest absolute Gasteiger partial charge is 0.456 e. The molecule has 0 aliphatic carbocycles. The Labute approximate surface area is 349 Å². The fraction of sp³-hybridized carbons (Fsp3) is 0. The Bertz CT molecular complexity index is 3270. The molecule has 0 saturated carbocycles. The van der Waals surface area contributed by atoms with E-state index in [1.165, 1.54) is 38.6 Å². The number of hydrogen-bond donors (Lipinski definition) is 0. The van der Waals surface area contributed by atoms with Crippen LogP contribution in [0.1, 0.15) is 0 Å². The van der Waals surface area contributed by atoms with Gasteiger partial charge in [0.2, 0.25) is 0 Å². The van der Waals surface area contributed by atoms with Gasteiger partial charge in [-0.2, -0.15) is 0 Å². The van der Waals surface area contributed by atoms with Gasteiger partial charge in [0.15, 0.2) is 0 Å². The van der Waals surface area contributed by atoms with Crippen LogP contribution in [0.15, 0.2) is 241 Å². The molecule has 0 N–H and O–H groups in total. The van der Waals surface area contributed by atoms with E-state index in [1.807, 2.05) is 12.1 Å². The molecule has 0 unspecified atom stereocenters. The van der Waals surface area contributed by atoms with Crippen LogP contribution >= 0.6 is 0 Å². The van der Waals surface area contributed by atoms with Crippen molar-refractivity contribution in [1.29, 1.82) is 0 Å². The molecule has 0 atom stereocenters. The van der Waals surface area contributed by atoms with Crippen LogP contribution in [0.25, 0.3) is 88.3 Å². The topological polar surface area (TPSA) is 16.4 Å². The highest BCUT2D eigenvalue weighted by atomic mass is 16.3. The van der Waals surface area contributed by atoms with Crippen LogP contribution in [0.4, 0.5) is 17.1 Å². The molecule has 0 fully saturated rings. The maximum atomic E-state index is 6.28. The van der Waals surface area contributed by atoms with Gasteiger partial charge in [0.05, 0.1) is 5.69 Å². The maximum Gasteiger partial charge on any atom is 0.136 e. The SMILES string of the molecule is c1ccc(-c2ccc(-c3ccc(N(c4ccc(-c5cccc6oc7ccccc7c56)cc4)c4cc(-c5ccc6ccccc6c5)ccc4-c4ccccc4)cc3)cc2)cc1. The Morgan fingerprint density at radius 1 is 0.283 bits per heavy atom. The van der Waals surface area contributed by atoms with Crippen molar-refractivity contribution in [3.05, 3.63) is 237 Å². The molecule has 10 aromatic carbocycles. The van der Waals surface area contributed by atoms with Crippen molar-refractivity contribution in [3.63, 3.8) is 0 Å². The predicted octanol–water partition coefficient (Wildman–Crippen LogP) is 16.5. The zero-order valence-corrected chi connectivity index (χ0v) is 32.9. The van der Waals surface area contributed by atoms with E-state index in [0.717, 1.165) is 66.8 Å². The van der Waals surface area contributed by atoms with Crippen LogP contribution in [-0.2, 0) is 0 Å². The molecule has 1 aromatic heterocycles. The number of benzene rings is 10. The molecular formula is C58H39NO. The molecule has 0 amide bonds. The fourth-order valence-electron chi connectivity index (χ4n) is 8.65. The van der Waals surface area contributed by atoms with Gasteiger partial charge >= 0.3 is 0 Å². The van der Waals surface area contributed by atoms with Crippen molar-refractivity contribution in [2.24, 2.45) is 0 Å². The lowest BCUT2D eigenvalue weighted by Crippen LogP contribution is -2.11. The van der Waals surface area contributed by atoms with Gasteiger partial charge in [0, 0.05) is 27.7 Å². The minimum absolute atomic E-state index is 0.896. The Hall–Kier alpha value is -7.94. The molecule has 1 heterocycles. The van der Waals surface area contributed by atoms with Gasteiger partial charge in [-0.05, 0) is 109 Å². The second-order valence-electron chi connectivity index (χ2n) is 15.3. The van der Waals surface area contributed by atoms with E-state index in [0.29, 0.717) is 0 Å². The number of furan rings is 1. The zero-order chi connectivity index (χ0) is 39.8. The van der Waals surface area contributed by atoms with Crippen molar-refractivity contribution in [1.82, 2.24) is 0 Å². The van der Waals surface area contributed by atoms with Crippen LogP contribution in [0.3, 0.4) is 0 Å². The number of nitrogens with zero attached hydrogens (tertiary/aromatic N) is 1. The summed E-state index contributed by atoms with van der Waals surface area (Å²) in [6.07, 6.45) is 0. The smallest absolute Gasteiger partial charge is 0.136 e. The summed E-state index contributed by atoms with van der Waals surface area (Å²) in [6, 6.07) is 85.0. The lowest BCUT2D eigenvalue weighted by atomic mass is 9.95. The quantitative estimate of drug-likeness (QED) is 0.153. The van der Waals surface area contributed by atoms with Crippen LogP contribution < -0.4 is 4.90 Å². The molecule has 11 rings (SSSR count). The van der Waals surface area contributed by atoms with Gasteiger partial charge in [0.25, 0.3) is 0 Å². The molecule has 0 radical (unpaired) electrons. The van der Waals surface area contributed by atoms with E-state index >= 15 is 0 Å². The number of fused-ring (bicyclic) bond motifs is 4. The predicted molar refractivity (Wildman–Crippen MR) is 253 cm³/mol. The average Bonchev–Trinajstić information content (AvgIpc) is 3.72. The normalized spacial score (nSPS) is 11.3. The van der Waals surface area contributed by atoms with Crippen molar-refractivity contribution >= 4 is 49.8 Å². The van der Waals surface area contributed by atoms with Gasteiger partial charge in [-0.15, -0.1) is 0 Å². The van der Waals surface area contributed by atoms with Gasteiger partial charge in [-0.1, -0.05) is 188 Å². The molecule has 282 valence electrons. The van der Waals surface area contributed by atoms with Crippen LogP contribution in [0, 0.1) is 0 Å². The van der Waals surface area contributed by atoms with Crippen LogP contribution in [-0.4, -0.2) is 0 Å².